The van der Waals surface area contributed by atoms with Crippen molar-refractivity contribution >= 4 is 58.2 Å². The molecule has 0 spiro atoms. The van der Waals surface area contributed by atoms with Crippen molar-refractivity contribution in [2.45, 2.75) is 108 Å². The number of aromatic nitrogens is 5. The van der Waals surface area contributed by atoms with Gasteiger partial charge in [-0.05, 0) is 49.4 Å². The number of piperidine rings is 1. The van der Waals surface area contributed by atoms with Gasteiger partial charge in [0.2, 0.25) is 41.4 Å². The number of aliphatic carboxylic acids is 1. The first-order valence-corrected chi connectivity index (χ1v) is 23.2. The number of imidazole rings is 2. The molecule has 7 atom stereocenters. The van der Waals surface area contributed by atoms with E-state index >= 15 is 0 Å². The van der Waals surface area contributed by atoms with E-state index in [-0.39, 0.29) is 31.6 Å². The van der Waals surface area contributed by atoms with Gasteiger partial charge in [-0.25, -0.2) is 14.8 Å². The summed E-state index contributed by atoms with van der Waals surface area (Å²) < 4.78 is 0. The Morgan fingerprint density at radius 2 is 1.26 bits per heavy atom. The smallest absolute Gasteiger partial charge is 0.326 e. The number of hydrogen-bond acceptors (Lipinski definition) is 11. The zero-order valence-electron chi connectivity index (χ0n) is 39.2. The van der Waals surface area contributed by atoms with Crippen molar-refractivity contribution in [2.75, 3.05) is 13.1 Å². The third-order valence-electron chi connectivity index (χ3n) is 11.9. The fraction of sp³-hybridized carbons (Fsp3) is 0.417. The van der Waals surface area contributed by atoms with Crippen molar-refractivity contribution in [3.05, 3.63) is 108 Å². The number of carboxylic acids is 1. The molecule has 22 nitrogen and oxygen atoms in total. The van der Waals surface area contributed by atoms with Gasteiger partial charge < -0.3 is 62.6 Å². The molecule has 1 saturated heterocycles. The number of amides is 7. The van der Waals surface area contributed by atoms with E-state index in [1.165, 1.54) is 32.0 Å². The normalized spacial score (nSPS) is 16.1. The highest BCUT2D eigenvalue weighted by Gasteiger charge is 2.34. The van der Waals surface area contributed by atoms with Crippen LogP contribution in [0.5, 0.6) is 0 Å². The lowest BCUT2D eigenvalue weighted by molar-refractivity contribution is -0.141. The van der Waals surface area contributed by atoms with Crippen molar-refractivity contribution < 1.29 is 43.5 Å². The van der Waals surface area contributed by atoms with E-state index in [1.54, 1.807) is 20.0 Å². The van der Waals surface area contributed by atoms with Gasteiger partial charge in [-0.1, -0.05) is 68.8 Å². The number of H-pyrrole nitrogens is 3. The van der Waals surface area contributed by atoms with Gasteiger partial charge in [0.15, 0.2) is 0 Å². The van der Waals surface area contributed by atoms with Crippen LogP contribution in [-0.2, 0) is 64.0 Å². The highest BCUT2D eigenvalue weighted by molar-refractivity contribution is 5.98. The molecular weight excluding hydrogens is 903 g/mol. The van der Waals surface area contributed by atoms with E-state index in [4.69, 9.17) is 0 Å². The van der Waals surface area contributed by atoms with E-state index in [2.05, 4.69) is 67.5 Å². The summed E-state index contributed by atoms with van der Waals surface area (Å²) in [6.07, 6.45) is 9.76. The molecular formula is C48H61N13O9. The minimum atomic E-state index is -1.31. The Hall–Kier alpha value is -7.88. The second-order valence-corrected chi connectivity index (χ2v) is 17.6. The van der Waals surface area contributed by atoms with Crippen molar-refractivity contribution in [1.82, 2.24) is 67.5 Å². The first kappa shape index (κ1) is 51.5. The SMILES string of the molecule is CC(C)[C@H](NC(=O)[C@H](C)NC(=O)[C@H](Cc1c[nH]c2ccccc12)NC(=O)[C@H](Cc1cnc[nH]1)NC(=O)[C@@H](Cc1ccccc1)NC(=O)[C@@H]1CCCCN1)C(=O)NCC(=O)N[C@@H](Cc1cnc[nH]1)C(=O)O. The minimum absolute atomic E-state index is 0.0502. The van der Waals surface area contributed by atoms with Crippen LogP contribution in [0.4, 0.5) is 0 Å². The summed E-state index contributed by atoms with van der Waals surface area (Å²) in [5.41, 5.74) is 3.20. The first-order valence-electron chi connectivity index (χ1n) is 23.2. The molecule has 372 valence electrons. The fourth-order valence-electron chi connectivity index (χ4n) is 8.04. The second-order valence-electron chi connectivity index (χ2n) is 17.6. The lowest BCUT2D eigenvalue weighted by Gasteiger charge is -2.28. The quantitative estimate of drug-likeness (QED) is 0.0383. The fourth-order valence-corrected chi connectivity index (χ4v) is 8.04. The molecule has 0 radical (unpaired) electrons. The Morgan fingerprint density at radius 3 is 1.87 bits per heavy atom. The molecule has 0 aliphatic carbocycles. The maximum Gasteiger partial charge on any atom is 0.326 e. The predicted molar refractivity (Wildman–Crippen MR) is 255 cm³/mol. The van der Waals surface area contributed by atoms with E-state index in [9.17, 15) is 43.5 Å². The van der Waals surface area contributed by atoms with Gasteiger partial charge in [0.05, 0.1) is 25.2 Å². The van der Waals surface area contributed by atoms with Crippen LogP contribution in [-0.4, -0.2) is 133 Å². The zero-order chi connectivity index (χ0) is 50.2. The molecule has 1 aliphatic rings. The van der Waals surface area contributed by atoms with Crippen molar-refractivity contribution in [1.29, 1.82) is 0 Å². The molecule has 12 N–H and O–H groups in total. The summed E-state index contributed by atoms with van der Waals surface area (Å²) in [6.45, 7) is 4.80. The maximum atomic E-state index is 14.5. The number of carbonyl (C=O) groups excluding carboxylic acids is 7. The number of para-hydroxylation sites is 1. The van der Waals surface area contributed by atoms with Gasteiger partial charge in [0, 0.05) is 66.6 Å². The van der Waals surface area contributed by atoms with E-state index in [0.717, 1.165) is 29.3 Å². The highest BCUT2D eigenvalue weighted by Crippen LogP contribution is 2.20. The van der Waals surface area contributed by atoms with Crippen molar-refractivity contribution in [2.24, 2.45) is 5.92 Å². The molecule has 22 heteroatoms. The van der Waals surface area contributed by atoms with Crippen LogP contribution in [0.1, 0.15) is 62.5 Å². The van der Waals surface area contributed by atoms with Gasteiger partial charge >= 0.3 is 5.97 Å². The number of carboxylic acid groups (broad SMARTS) is 1. The van der Waals surface area contributed by atoms with Gasteiger partial charge in [-0.15, -0.1) is 0 Å². The highest BCUT2D eigenvalue weighted by atomic mass is 16.4. The van der Waals surface area contributed by atoms with Crippen molar-refractivity contribution in [3.63, 3.8) is 0 Å². The Labute approximate surface area is 403 Å². The summed E-state index contributed by atoms with van der Waals surface area (Å²) in [7, 11) is 0. The average Bonchev–Trinajstić information content (AvgIpc) is 4.16. The van der Waals surface area contributed by atoms with Gasteiger partial charge in [-0.2, -0.15) is 0 Å². The Balaban J connectivity index is 1.15. The number of rotatable bonds is 24. The molecule has 1 fully saturated rings. The second kappa shape index (κ2) is 24.9. The summed E-state index contributed by atoms with van der Waals surface area (Å²) in [4.78, 5) is 125. The molecule has 6 rings (SSSR count). The van der Waals surface area contributed by atoms with Crippen LogP contribution in [0.3, 0.4) is 0 Å². The Morgan fingerprint density at radius 1 is 0.643 bits per heavy atom. The van der Waals surface area contributed by atoms with Crippen LogP contribution in [0.2, 0.25) is 0 Å². The summed E-state index contributed by atoms with van der Waals surface area (Å²) in [5, 5.41) is 32.2. The Bertz CT molecular complexity index is 2560. The number of nitrogens with zero attached hydrogens (tertiary/aromatic N) is 2. The number of nitrogens with one attached hydrogen (secondary N) is 11. The number of fused-ring (bicyclic) bond motifs is 1. The zero-order valence-corrected chi connectivity index (χ0v) is 39.2. The summed E-state index contributed by atoms with van der Waals surface area (Å²) in [5.74, 6) is -6.53. The molecule has 5 aromatic rings. The first-order chi connectivity index (χ1) is 33.6. The van der Waals surface area contributed by atoms with Crippen LogP contribution in [0.15, 0.2) is 85.8 Å². The third kappa shape index (κ3) is 14.8. The molecule has 1 aliphatic heterocycles. The predicted octanol–water partition coefficient (Wildman–Crippen LogP) is -0.188. The van der Waals surface area contributed by atoms with E-state index in [1.807, 2.05) is 54.6 Å². The number of aromatic amines is 3. The van der Waals surface area contributed by atoms with Gasteiger partial charge in [0.1, 0.15) is 36.3 Å². The molecule has 4 heterocycles. The standard InChI is InChI=1S/C48H61N13O9/c1-27(2)41(47(68)53-24-40(62)57-39(48(69)70)20-32-23-50-26-55-32)61-42(63)28(3)56-44(65)37(18-30-21-52-34-14-8-7-13-33(30)34)59-46(67)38(19-31-22-49-25-54-31)60-45(66)36(17-29-11-5-4-6-12-29)58-43(64)35-15-9-10-16-51-35/h4-8,11-14,21-23,25-28,35-39,41,51-52H,9-10,15-20,24H2,1-3H3,(H,49,54)(H,50,55)(H,53,68)(H,56,65)(H,57,62)(H,58,64)(H,59,67)(H,60,66)(H,61,63)(H,69,70)/t28-,35-,36+,37-,38-,39-,41-/m0/s1. The molecule has 7 amide bonds. The number of benzene rings is 2. The van der Waals surface area contributed by atoms with Gasteiger partial charge in [0.25, 0.3) is 0 Å². The molecule has 3 aromatic heterocycles. The number of carbonyl (C=O) groups is 8. The van der Waals surface area contributed by atoms with E-state index < -0.39 is 96.2 Å². The van der Waals surface area contributed by atoms with Crippen molar-refractivity contribution in [3.8, 4) is 0 Å². The summed E-state index contributed by atoms with van der Waals surface area (Å²) >= 11 is 0. The summed E-state index contributed by atoms with van der Waals surface area (Å²) in [6, 6.07) is 8.63. The van der Waals surface area contributed by atoms with Crippen LogP contribution < -0.4 is 42.5 Å². The lowest BCUT2D eigenvalue weighted by Crippen LogP contribution is -2.60. The van der Waals surface area contributed by atoms with Crippen LogP contribution in [0, 0.1) is 5.92 Å². The Kier molecular flexibility index (Phi) is 18.4. The largest absolute Gasteiger partial charge is 0.480 e. The van der Waals surface area contributed by atoms with Crippen LogP contribution >= 0.6 is 0 Å². The molecule has 2 aromatic carbocycles. The van der Waals surface area contributed by atoms with Gasteiger partial charge in [-0.3, -0.25) is 33.6 Å². The molecule has 0 unspecified atom stereocenters. The molecule has 0 bridgehead atoms. The van der Waals surface area contributed by atoms with E-state index in [0.29, 0.717) is 29.9 Å². The minimum Gasteiger partial charge on any atom is -0.480 e. The monoisotopic (exact) mass is 963 g/mol. The lowest BCUT2D eigenvalue weighted by atomic mass is 10.0. The average molecular weight is 964 g/mol. The van der Waals surface area contributed by atoms with Crippen LogP contribution in [0.25, 0.3) is 10.9 Å². The maximum absolute atomic E-state index is 14.5. The topological polar surface area (TPSA) is 326 Å². The molecule has 0 saturated carbocycles. The number of hydrogen-bond donors (Lipinski definition) is 12. The molecule has 70 heavy (non-hydrogen) atoms. The third-order valence-corrected chi connectivity index (χ3v) is 11.9.